The number of hydrogen-bond acceptors (Lipinski definition) is 1. The van der Waals surface area contributed by atoms with Crippen LogP contribution in [0.25, 0.3) is 0 Å². The molecule has 2 heteroatoms. The van der Waals surface area contributed by atoms with Gasteiger partial charge in [-0.25, -0.2) is 0 Å². The zero-order valence-electron chi connectivity index (χ0n) is 8.92. The van der Waals surface area contributed by atoms with Crippen molar-refractivity contribution in [1.82, 2.24) is 0 Å². The molecule has 1 aliphatic rings. The molecule has 0 heterocycles. The maximum Gasteiger partial charge on any atom is 0.220 e. The van der Waals surface area contributed by atoms with Gasteiger partial charge in [-0.05, 0) is 37.0 Å². The van der Waals surface area contributed by atoms with E-state index in [2.05, 4.69) is 20.8 Å². The lowest BCUT2D eigenvalue weighted by atomic mass is 9.71. The Hall–Kier alpha value is -0.530. The van der Waals surface area contributed by atoms with Gasteiger partial charge in [-0.3, -0.25) is 4.79 Å². The molecule has 2 nitrogen and oxygen atoms in total. The molecule has 1 fully saturated rings. The molecule has 1 rings (SSSR count). The van der Waals surface area contributed by atoms with Gasteiger partial charge in [-0.1, -0.05) is 20.8 Å². The van der Waals surface area contributed by atoms with E-state index >= 15 is 0 Å². The molecule has 1 amide bonds. The summed E-state index contributed by atoms with van der Waals surface area (Å²) in [5.74, 6) is 1.91. The highest BCUT2D eigenvalue weighted by molar-refractivity contribution is 5.77. The number of rotatable bonds is 2. The second kappa shape index (κ2) is 4.12. The van der Waals surface area contributed by atoms with Crippen LogP contribution >= 0.6 is 0 Å². The minimum atomic E-state index is -0.0992. The Morgan fingerprint density at radius 3 is 2.46 bits per heavy atom. The van der Waals surface area contributed by atoms with Crippen LogP contribution < -0.4 is 5.73 Å². The fourth-order valence-corrected chi connectivity index (χ4v) is 2.36. The first-order chi connectivity index (χ1) is 6.02. The summed E-state index contributed by atoms with van der Waals surface area (Å²) < 4.78 is 0. The standard InChI is InChI=1S/C11H21NO/c1-7(2)9-5-4-8(3)10(6-9)11(12)13/h7-10H,4-6H2,1-3H3,(H2,12,13). The lowest BCUT2D eigenvalue weighted by Gasteiger charge is -2.34. The third-order valence-electron chi connectivity index (χ3n) is 3.54. The first-order valence-corrected chi connectivity index (χ1v) is 5.31. The molecule has 3 atom stereocenters. The molecule has 0 bridgehead atoms. The second-order valence-electron chi connectivity index (χ2n) is 4.80. The van der Waals surface area contributed by atoms with Crippen molar-refractivity contribution >= 4 is 5.91 Å². The van der Waals surface area contributed by atoms with Gasteiger partial charge >= 0.3 is 0 Å². The maximum atomic E-state index is 11.2. The molecule has 13 heavy (non-hydrogen) atoms. The summed E-state index contributed by atoms with van der Waals surface area (Å²) in [6.07, 6.45) is 3.44. The van der Waals surface area contributed by atoms with Crippen molar-refractivity contribution in [3.63, 3.8) is 0 Å². The van der Waals surface area contributed by atoms with Crippen molar-refractivity contribution in [2.45, 2.75) is 40.0 Å². The van der Waals surface area contributed by atoms with Crippen molar-refractivity contribution in [3.05, 3.63) is 0 Å². The van der Waals surface area contributed by atoms with E-state index < -0.39 is 0 Å². The Morgan fingerprint density at radius 1 is 1.38 bits per heavy atom. The summed E-state index contributed by atoms with van der Waals surface area (Å²) in [7, 11) is 0. The van der Waals surface area contributed by atoms with Crippen molar-refractivity contribution in [1.29, 1.82) is 0 Å². The zero-order chi connectivity index (χ0) is 10.0. The average molecular weight is 183 g/mol. The van der Waals surface area contributed by atoms with Crippen LogP contribution in [0.4, 0.5) is 0 Å². The molecule has 0 saturated heterocycles. The van der Waals surface area contributed by atoms with Gasteiger partial charge < -0.3 is 5.73 Å². The number of nitrogens with two attached hydrogens (primary N) is 1. The molecule has 1 aliphatic carbocycles. The van der Waals surface area contributed by atoms with Crippen LogP contribution in [-0.4, -0.2) is 5.91 Å². The SMILES string of the molecule is CC(C)C1CCC(C)C(C(N)=O)C1. The van der Waals surface area contributed by atoms with Crippen LogP contribution in [-0.2, 0) is 4.79 Å². The lowest BCUT2D eigenvalue weighted by Crippen LogP contribution is -2.35. The van der Waals surface area contributed by atoms with Gasteiger partial charge in [0.05, 0.1) is 0 Å². The summed E-state index contributed by atoms with van der Waals surface area (Å²) in [6, 6.07) is 0. The van der Waals surface area contributed by atoms with Gasteiger partial charge in [0, 0.05) is 5.92 Å². The molecular formula is C11H21NO. The molecule has 0 aromatic rings. The Balaban J connectivity index is 2.58. The third kappa shape index (κ3) is 2.45. The van der Waals surface area contributed by atoms with Gasteiger partial charge in [-0.2, -0.15) is 0 Å². The highest BCUT2D eigenvalue weighted by Crippen LogP contribution is 2.36. The summed E-state index contributed by atoms with van der Waals surface area (Å²) in [5.41, 5.74) is 5.38. The van der Waals surface area contributed by atoms with Crippen molar-refractivity contribution < 1.29 is 4.79 Å². The van der Waals surface area contributed by atoms with E-state index in [1.54, 1.807) is 0 Å². The quantitative estimate of drug-likeness (QED) is 0.700. The monoisotopic (exact) mass is 183 g/mol. The fraction of sp³-hybridized carbons (Fsp3) is 0.909. The van der Waals surface area contributed by atoms with Crippen molar-refractivity contribution in [2.75, 3.05) is 0 Å². The molecule has 0 spiro atoms. The van der Waals surface area contributed by atoms with E-state index in [0.29, 0.717) is 17.8 Å². The molecule has 0 aliphatic heterocycles. The molecule has 76 valence electrons. The summed E-state index contributed by atoms with van der Waals surface area (Å²) in [5, 5.41) is 0. The molecule has 3 unspecified atom stereocenters. The Labute approximate surface area is 80.9 Å². The van der Waals surface area contributed by atoms with E-state index in [0.717, 1.165) is 12.8 Å². The van der Waals surface area contributed by atoms with Gasteiger partial charge in [-0.15, -0.1) is 0 Å². The molecule has 2 N–H and O–H groups in total. The van der Waals surface area contributed by atoms with Crippen LogP contribution in [0.15, 0.2) is 0 Å². The zero-order valence-corrected chi connectivity index (χ0v) is 8.92. The van der Waals surface area contributed by atoms with E-state index in [1.807, 2.05) is 0 Å². The van der Waals surface area contributed by atoms with Crippen LogP contribution in [0.5, 0.6) is 0 Å². The first-order valence-electron chi connectivity index (χ1n) is 5.31. The lowest BCUT2D eigenvalue weighted by molar-refractivity contribution is -0.125. The Kier molecular flexibility index (Phi) is 3.34. The van der Waals surface area contributed by atoms with Crippen molar-refractivity contribution in [3.8, 4) is 0 Å². The van der Waals surface area contributed by atoms with Gasteiger partial charge in [0.1, 0.15) is 0 Å². The molecular weight excluding hydrogens is 162 g/mol. The van der Waals surface area contributed by atoms with Crippen LogP contribution in [0.2, 0.25) is 0 Å². The van der Waals surface area contributed by atoms with E-state index in [9.17, 15) is 4.79 Å². The Morgan fingerprint density at radius 2 is 2.00 bits per heavy atom. The first kappa shape index (κ1) is 10.6. The topological polar surface area (TPSA) is 43.1 Å². The minimum Gasteiger partial charge on any atom is -0.369 e. The predicted octanol–water partition coefficient (Wildman–Crippen LogP) is 2.18. The van der Waals surface area contributed by atoms with E-state index in [4.69, 9.17) is 5.73 Å². The third-order valence-corrected chi connectivity index (χ3v) is 3.54. The van der Waals surface area contributed by atoms with Crippen LogP contribution in [0.3, 0.4) is 0 Å². The van der Waals surface area contributed by atoms with Crippen molar-refractivity contribution in [2.24, 2.45) is 29.4 Å². The minimum absolute atomic E-state index is 0.0992. The average Bonchev–Trinajstić information content (AvgIpc) is 2.04. The Bertz CT molecular complexity index is 189. The van der Waals surface area contributed by atoms with Crippen LogP contribution in [0.1, 0.15) is 40.0 Å². The summed E-state index contributed by atoms with van der Waals surface area (Å²) in [4.78, 5) is 11.2. The predicted molar refractivity (Wildman–Crippen MR) is 54.0 cm³/mol. The van der Waals surface area contributed by atoms with Crippen LogP contribution in [0, 0.1) is 23.7 Å². The van der Waals surface area contributed by atoms with E-state index in [-0.39, 0.29) is 11.8 Å². The number of hydrogen-bond donors (Lipinski definition) is 1. The van der Waals surface area contributed by atoms with Gasteiger partial charge in [0.15, 0.2) is 0 Å². The molecule has 0 aromatic carbocycles. The molecule has 0 radical (unpaired) electrons. The smallest absolute Gasteiger partial charge is 0.220 e. The van der Waals surface area contributed by atoms with E-state index in [1.165, 1.54) is 6.42 Å². The number of carbonyl (C=O) groups excluding carboxylic acids is 1. The summed E-state index contributed by atoms with van der Waals surface area (Å²) >= 11 is 0. The maximum absolute atomic E-state index is 11.2. The highest BCUT2D eigenvalue weighted by Gasteiger charge is 2.32. The largest absolute Gasteiger partial charge is 0.369 e. The molecule has 1 saturated carbocycles. The number of carbonyl (C=O) groups is 1. The van der Waals surface area contributed by atoms with Gasteiger partial charge in [0.25, 0.3) is 0 Å². The highest BCUT2D eigenvalue weighted by atomic mass is 16.1. The number of primary amides is 1. The fourth-order valence-electron chi connectivity index (χ4n) is 2.36. The molecule has 0 aromatic heterocycles. The normalized spacial score (nSPS) is 34.9. The van der Waals surface area contributed by atoms with Gasteiger partial charge in [0.2, 0.25) is 5.91 Å². The summed E-state index contributed by atoms with van der Waals surface area (Å²) in [6.45, 7) is 6.61. The number of amides is 1. The second-order valence-corrected chi connectivity index (χ2v) is 4.80.